The van der Waals surface area contributed by atoms with E-state index in [-0.39, 0.29) is 0 Å². The van der Waals surface area contributed by atoms with Crippen LogP contribution in [0.4, 0.5) is 0 Å². The van der Waals surface area contributed by atoms with Crippen LogP contribution in [-0.2, 0) is 13.0 Å². The van der Waals surface area contributed by atoms with Gasteiger partial charge >= 0.3 is 0 Å². The monoisotopic (exact) mass is 288 g/mol. The molecule has 1 atom stereocenters. The summed E-state index contributed by atoms with van der Waals surface area (Å²) >= 11 is 0. The van der Waals surface area contributed by atoms with Crippen LogP contribution in [-0.4, -0.2) is 36.7 Å². The molecule has 2 aliphatic heterocycles. The van der Waals surface area contributed by atoms with Crippen molar-refractivity contribution >= 4 is 0 Å². The van der Waals surface area contributed by atoms with E-state index in [0.29, 0.717) is 12.1 Å². The molecule has 0 saturated carbocycles. The summed E-state index contributed by atoms with van der Waals surface area (Å²) in [6.07, 6.45) is 5.06. The van der Waals surface area contributed by atoms with E-state index in [9.17, 15) is 0 Å². The predicted octanol–water partition coefficient (Wildman–Crippen LogP) is 2.97. The normalized spacial score (nSPS) is 23.1. The Balaban J connectivity index is 1.61. The summed E-state index contributed by atoms with van der Waals surface area (Å²) < 4.78 is 6.13. The minimum atomic E-state index is 0.580. The molecule has 0 amide bonds. The molecule has 1 unspecified atom stereocenters. The second-order valence-corrected chi connectivity index (χ2v) is 6.65. The van der Waals surface area contributed by atoms with E-state index in [1.165, 1.54) is 36.9 Å². The van der Waals surface area contributed by atoms with Crippen molar-refractivity contribution in [3.63, 3.8) is 0 Å². The number of piperidine rings is 1. The third-order valence-electron chi connectivity index (χ3n) is 4.84. The summed E-state index contributed by atoms with van der Waals surface area (Å²) in [7, 11) is 0. The maximum Gasteiger partial charge on any atom is 0.119 e. The van der Waals surface area contributed by atoms with Crippen LogP contribution in [0.1, 0.15) is 44.2 Å². The van der Waals surface area contributed by atoms with Gasteiger partial charge < -0.3 is 10.1 Å². The first kappa shape index (κ1) is 14.9. The van der Waals surface area contributed by atoms with Crippen LogP contribution in [0.3, 0.4) is 0 Å². The summed E-state index contributed by atoms with van der Waals surface area (Å²) in [6, 6.07) is 7.80. The van der Waals surface area contributed by atoms with Gasteiger partial charge in [-0.05, 0) is 69.5 Å². The molecule has 1 fully saturated rings. The van der Waals surface area contributed by atoms with Crippen LogP contribution in [0.25, 0.3) is 0 Å². The van der Waals surface area contributed by atoms with Gasteiger partial charge in [0.1, 0.15) is 12.4 Å². The Kier molecular flexibility index (Phi) is 4.81. The van der Waals surface area contributed by atoms with Crippen molar-refractivity contribution in [2.45, 2.75) is 58.2 Å². The minimum Gasteiger partial charge on any atom is -0.492 e. The van der Waals surface area contributed by atoms with Gasteiger partial charge in [-0.25, -0.2) is 0 Å². The molecule has 1 aromatic rings. The van der Waals surface area contributed by atoms with E-state index < -0.39 is 0 Å². The fourth-order valence-electron chi connectivity index (χ4n) is 3.62. The van der Waals surface area contributed by atoms with Gasteiger partial charge in [-0.2, -0.15) is 0 Å². The lowest BCUT2D eigenvalue weighted by molar-refractivity contribution is 0.0732. The van der Waals surface area contributed by atoms with Gasteiger partial charge in [0, 0.05) is 18.6 Å². The summed E-state index contributed by atoms with van der Waals surface area (Å²) in [6.45, 7) is 8.73. The summed E-state index contributed by atoms with van der Waals surface area (Å²) in [5, 5.41) is 3.41. The average Bonchev–Trinajstić information content (AvgIpc) is 2.53. The Labute approximate surface area is 128 Å². The zero-order valence-electron chi connectivity index (χ0n) is 13.4. The lowest BCUT2D eigenvalue weighted by Crippen LogP contribution is -2.46. The molecule has 0 aromatic heterocycles. The minimum absolute atomic E-state index is 0.580. The molecule has 21 heavy (non-hydrogen) atoms. The van der Waals surface area contributed by atoms with Crippen LogP contribution in [0.2, 0.25) is 0 Å². The second-order valence-electron chi connectivity index (χ2n) is 6.65. The lowest BCUT2D eigenvalue weighted by Gasteiger charge is -2.38. The van der Waals surface area contributed by atoms with Crippen molar-refractivity contribution in [1.29, 1.82) is 0 Å². The molecular formula is C18H28N2O. The Morgan fingerprint density at radius 2 is 2.19 bits per heavy atom. The molecule has 1 saturated heterocycles. The zero-order chi connectivity index (χ0) is 14.7. The molecule has 0 aliphatic carbocycles. The van der Waals surface area contributed by atoms with Crippen LogP contribution in [0.5, 0.6) is 5.75 Å². The van der Waals surface area contributed by atoms with Gasteiger partial charge in [0.2, 0.25) is 0 Å². The molecule has 2 heterocycles. The SMILES string of the molecule is CC(C)N1CCCCC1COc1ccc2c(c1)CCNC2. The quantitative estimate of drug-likeness (QED) is 0.922. The molecule has 3 rings (SSSR count). The number of likely N-dealkylation sites (tertiary alicyclic amines) is 1. The van der Waals surface area contributed by atoms with E-state index in [0.717, 1.165) is 31.9 Å². The number of fused-ring (bicyclic) bond motifs is 1. The fraction of sp³-hybridized carbons (Fsp3) is 0.667. The lowest BCUT2D eigenvalue weighted by atomic mass is 10.0. The number of nitrogens with one attached hydrogen (secondary N) is 1. The number of hydrogen-bond acceptors (Lipinski definition) is 3. The zero-order valence-corrected chi connectivity index (χ0v) is 13.4. The van der Waals surface area contributed by atoms with Crippen LogP contribution < -0.4 is 10.1 Å². The summed E-state index contributed by atoms with van der Waals surface area (Å²) in [5.74, 6) is 1.05. The summed E-state index contributed by atoms with van der Waals surface area (Å²) in [5.41, 5.74) is 2.88. The highest BCUT2D eigenvalue weighted by Gasteiger charge is 2.25. The third kappa shape index (κ3) is 3.58. The first-order chi connectivity index (χ1) is 10.2. The van der Waals surface area contributed by atoms with E-state index in [1.54, 1.807) is 0 Å². The number of nitrogens with zero attached hydrogens (tertiary/aromatic N) is 1. The van der Waals surface area contributed by atoms with Crippen molar-refractivity contribution < 1.29 is 4.74 Å². The first-order valence-corrected chi connectivity index (χ1v) is 8.45. The van der Waals surface area contributed by atoms with Gasteiger partial charge in [-0.15, -0.1) is 0 Å². The molecule has 2 aliphatic rings. The van der Waals surface area contributed by atoms with Crippen molar-refractivity contribution in [2.24, 2.45) is 0 Å². The molecule has 0 radical (unpaired) electrons. The Morgan fingerprint density at radius 1 is 1.29 bits per heavy atom. The van der Waals surface area contributed by atoms with E-state index in [4.69, 9.17) is 4.74 Å². The van der Waals surface area contributed by atoms with E-state index in [1.807, 2.05) is 0 Å². The second kappa shape index (κ2) is 6.80. The molecule has 3 heteroatoms. The highest BCUT2D eigenvalue weighted by atomic mass is 16.5. The Hall–Kier alpha value is -1.06. The van der Waals surface area contributed by atoms with Crippen molar-refractivity contribution in [2.75, 3.05) is 19.7 Å². The third-order valence-corrected chi connectivity index (χ3v) is 4.84. The predicted molar refractivity (Wildman–Crippen MR) is 86.8 cm³/mol. The van der Waals surface area contributed by atoms with Gasteiger partial charge in [0.05, 0.1) is 0 Å². The Morgan fingerprint density at radius 3 is 3.05 bits per heavy atom. The maximum atomic E-state index is 6.13. The van der Waals surface area contributed by atoms with Gasteiger partial charge in [-0.3, -0.25) is 4.90 Å². The smallest absolute Gasteiger partial charge is 0.119 e. The first-order valence-electron chi connectivity index (χ1n) is 8.45. The number of rotatable bonds is 4. The topological polar surface area (TPSA) is 24.5 Å². The standard InChI is InChI=1S/C18H28N2O/c1-14(2)20-10-4-3-5-17(20)13-21-18-7-6-16-12-19-9-8-15(16)11-18/h6-7,11,14,17,19H,3-5,8-10,12-13H2,1-2H3. The van der Waals surface area contributed by atoms with Crippen LogP contribution in [0, 0.1) is 0 Å². The number of benzene rings is 1. The Bertz CT molecular complexity index is 472. The van der Waals surface area contributed by atoms with Crippen molar-refractivity contribution in [1.82, 2.24) is 10.2 Å². The summed E-state index contributed by atoms with van der Waals surface area (Å²) in [4.78, 5) is 2.60. The molecule has 116 valence electrons. The highest BCUT2D eigenvalue weighted by Crippen LogP contribution is 2.23. The van der Waals surface area contributed by atoms with Crippen molar-refractivity contribution in [3.05, 3.63) is 29.3 Å². The molecule has 1 N–H and O–H groups in total. The van der Waals surface area contributed by atoms with E-state index >= 15 is 0 Å². The largest absolute Gasteiger partial charge is 0.492 e. The van der Waals surface area contributed by atoms with Crippen LogP contribution in [0.15, 0.2) is 18.2 Å². The fourth-order valence-corrected chi connectivity index (χ4v) is 3.62. The van der Waals surface area contributed by atoms with Gasteiger partial charge in [0.15, 0.2) is 0 Å². The number of ether oxygens (including phenoxy) is 1. The molecule has 0 bridgehead atoms. The number of hydrogen-bond donors (Lipinski definition) is 1. The van der Waals surface area contributed by atoms with E-state index in [2.05, 4.69) is 42.3 Å². The highest BCUT2D eigenvalue weighted by molar-refractivity contribution is 5.37. The molecular weight excluding hydrogens is 260 g/mol. The maximum absolute atomic E-state index is 6.13. The van der Waals surface area contributed by atoms with Crippen LogP contribution >= 0.6 is 0 Å². The van der Waals surface area contributed by atoms with Gasteiger partial charge in [-0.1, -0.05) is 12.5 Å². The molecule has 1 aromatic carbocycles. The average molecular weight is 288 g/mol. The van der Waals surface area contributed by atoms with Gasteiger partial charge in [0.25, 0.3) is 0 Å². The molecule has 3 nitrogen and oxygen atoms in total. The van der Waals surface area contributed by atoms with Crippen molar-refractivity contribution in [3.8, 4) is 5.75 Å². The molecule has 0 spiro atoms.